The molecule has 0 unspecified atom stereocenters. The minimum Gasteiger partial charge on any atom is -0.228 e. The number of hydrogen-bond acceptors (Lipinski definition) is 2. The van der Waals surface area contributed by atoms with E-state index in [1.165, 1.54) is 0 Å². The summed E-state index contributed by atoms with van der Waals surface area (Å²) in [5, 5.41) is -1.19. The van der Waals surface area contributed by atoms with E-state index in [0.29, 0.717) is 0 Å². The van der Waals surface area contributed by atoms with E-state index in [1.54, 1.807) is 0 Å². The molecule has 2 rings (SSSR count). The highest BCUT2D eigenvalue weighted by atomic mass is 35.5. The van der Waals surface area contributed by atoms with Crippen molar-refractivity contribution in [1.29, 1.82) is 0 Å². The van der Waals surface area contributed by atoms with E-state index in [-0.39, 0.29) is 61.4 Å². The Morgan fingerprint density at radius 1 is 0.407 bits per heavy atom. The molecule has 0 amide bonds. The third kappa shape index (κ3) is 4.97. The molecule has 2 aromatic carbocycles. The first-order valence-corrected chi connectivity index (χ1v) is 12.1. The largest absolute Gasteiger partial charge is 0.228 e. The molecule has 13 heteroatoms. The summed E-state index contributed by atoms with van der Waals surface area (Å²) in [6.45, 7) is 0. The van der Waals surface area contributed by atoms with Gasteiger partial charge in [0.25, 0.3) is 0 Å². The SMILES string of the molecule is O=S(=O)(Cc1c(Cl)c(Cl)c(Cl)c(Cl)c1Cl)Cc1c(Cl)c(Cl)c(Cl)c(Cl)c1Cl. The van der Waals surface area contributed by atoms with Crippen LogP contribution in [0.5, 0.6) is 0 Å². The number of halogens is 10. The molecule has 0 aromatic heterocycles. The molecule has 0 aliphatic rings. The van der Waals surface area contributed by atoms with Gasteiger partial charge in [0.2, 0.25) is 0 Å². The van der Waals surface area contributed by atoms with Crippen LogP contribution >= 0.6 is 116 Å². The lowest BCUT2D eigenvalue weighted by Crippen LogP contribution is -2.10. The van der Waals surface area contributed by atoms with Crippen LogP contribution in [0.1, 0.15) is 11.1 Å². The predicted molar refractivity (Wildman–Crippen MR) is 119 cm³/mol. The molecule has 0 aliphatic heterocycles. The molecule has 0 aliphatic carbocycles. The lowest BCUT2D eigenvalue weighted by Gasteiger charge is -2.15. The maximum Gasteiger partial charge on any atom is 0.158 e. The van der Waals surface area contributed by atoms with Crippen molar-refractivity contribution in [3.63, 3.8) is 0 Å². The van der Waals surface area contributed by atoms with Gasteiger partial charge in [-0.05, 0) is 0 Å². The fraction of sp³-hybridized carbons (Fsp3) is 0.143. The first-order chi connectivity index (χ1) is 12.3. The summed E-state index contributed by atoms with van der Waals surface area (Å²) >= 11 is 60.0. The van der Waals surface area contributed by atoms with Gasteiger partial charge in [0.1, 0.15) is 0 Å². The number of benzene rings is 2. The van der Waals surface area contributed by atoms with Crippen molar-refractivity contribution in [2.24, 2.45) is 0 Å². The fourth-order valence-corrected chi connectivity index (χ4v) is 6.54. The highest BCUT2D eigenvalue weighted by Crippen LogP contribution is 2.46. The summed E-state index contributed by atoms with van der Waals surface area (Å²) in [6, 6.07) is 0. The Morgan fingerprint density at radius 3 is 0.815 bits per heavy atom. The highest BCUT2D eigenvalue weighted by molar-refractivity contribution is 7.89. The molecular weight excluding hydrogens is 587 g/mol. The topological polar surface area (TPSA) is 34.1 Å². The second kappa shape index (κ2) is 9.20. The summed E-state index contributed by atoms with van der Waals surface area (Å²) < 4.78 is 25.4. The van der Waals surface area contributed by atoms with Crippen molar-refractivity contribution < 1.29 is 8.42 Å². The average molecular weight is 591 g/mol. The van der Waals surface area contributed by atoms with Crippen molar-refractivity contribution in [1.82, 2.24) is 0 Å². The van der Waals surface area contributed by atoms with E-state index in [9.17, 15) is 8.42 Å². The van der Waals surface area contributed by atoms with Gasteiger partial charge in [-0.1, -0.05) is 116 Å². The fourth-order valence-electron chi connectivity index (χ4n) is 2.05. The predicted octanol–water partition coefficient (Wildman–Crippen LogP) is 9.34. The van der Waals surface area contributed by atoms with Gasteiger partial charge in [-0.15, -0.1) is 0 Å². The van der Waals surface area contributed by atoms with E-state index < -0.39 is 21.3 Å². The summed E-state index contributed by atoms with van der Waals surface area (Å²) in [4.78, 5) is 0. The molecule has 0 atom stereocenters. The van der Waals surface area contributed by atoms with Crippen LogP contribution in [0.4, 0.5) is 0 Å². The van der Waals surface area contributed by atoms with Gasteiger partial charge in [0.15, 0.2) is 9.84 Å². The third-order valence-electron chi connectivity index (χ3n) is 3.33. The van der Waals surface area contributed by atoms with E-state index in [0.717, 1.165) is 0 Å². The molecule has 0 heterocycles. The minimum atomic E-state index is -3.93. The molecule has 0 saturated heterocycles. The maximum absolute atomic E-state index is 12.7. The Morgan fingerprint density at radius 2 is 0.593 bits per heavy atom. The lowest BCUT2D eigenvalue weighted by atomic mass is 10.2. The van der Waals surface area contributed by atoms with Crippen LogP contribution in [0.15, 0.2) is 0 Å². The minimum absolute atomic E-state index is 0.0175. The standard InChI is InChI=1S/C14H4Cl10O2S/c15-5-3(6(16)10(20)13(23)9(5)19)1-27(25,26)2-4-7(17)11(21)14(24)12(22)8(4)18/h1-2H2. The van der Waals surface area contributed by atoms with Crippen molar-refractivity contribution >= 4 is 126 Å². The Hall–Kier alpha value is 1.29. The molecule has 0 bridgehead atoms. The summed E-state index contributed by atoms with van der Waals surface area (Å²) in [6.07, 6.45) is 0. The zero-order valence-corrected chi connectivity index (χ0v) is 20.8. The second-order valence-electron chi connectivity index (χ2n) is 5.13. The zero-order chi connectivity index (χ0) is 20.8. The molecule has 2 nitrogen and oxygen atoms in total. The van der Waals surface area contributed by atoms with Crippen LogP contribution in [-0.4, -0.2) is 8.42 Å². The summed E-state index contributed by atoms with van der Waals surface area (Å²) in [7, 11) is -3.93. The van der Waals surface area contributed by atoms with Crippen LogP contribution in [-0.2, 0) is 21.3 Å². The normalized spacial score (nSPS) is 11.9. The average Bonchev–Trinajstić information content (AvgIpc) is 2.62. The molecule has 0 N–H and O–H groups in total. The molecule has 0 radical (unpaired) electrons. The van der Waals surface area contributed by atoms with Gasteiger partial charge in [0, 0.05) is 11.1 Å². The number of rotatable bonds is 4. The maximum atomic E-state index is 12.7. The number of sulfone groups is 1. The summed E-state index contributed by atoms with van der Waals surface area (Å²) in [5.74, 6) is -1.24. The quantitative estimate of drug-likeness (QED) is 0.263. The molecule has 27 heavy (non-hydrogen) atoms. The van der Waals surface area contributed by atoms with Crippen molar-refractivity contribution in [3.8, 4) is 0 Å². The Labute approximate surface area is 205 Å². The Kier molecular flexibility index (Phi) is 8.36. The third-order valence-corrected chi connectivity index (χ3v) is 9.50. The number of hydrogen-bond donors (Lipinski definition) is 0. The van der Waals surface area contributed by atoms with Gasteiger partial charge < -0.3 is 0 Å². The molecule has 2 aromatic rings. The summed E-state index contributed by atoms with van der Waals surface area (Å²) in [5.41, 5.74) is -0.0349. The first-order valence-electron chi connectivity index (χ1n) is 6.51. The zero-order valence-electron chi connectivity index (χ0n) is 12.4. The van der Waals surface area contributed by atoms with E-state index in [2.05, 4.69) is 0 Å². The van der Waals surface area contributed by atoms with Gasteiger partial charge in [-0.25, -0.2) is 8.42 Å². The molecule has 0 saturated carbocycles. The van der Waals surface area contributed by atoms with Crippen molar-refractivity contribution in [3.05, 3.63) is 61.4 Å². The van der Waals surface area contributed by atoms with E-state index in [4.69, 9.17) is 116 Å². The molecule has 0 fully saturated rings. The lowest BCUT2D eigenvalue weighted by molar-refractivity contribution is 0.594. The Balaban J connectivity index is 2.53. The van der Waals surface area contributed by atoms with Crippen molar-refractivity contribution in [2.75, 3.05) is 0 Å². The van der Waals surface area contributed by atoms with Gasteiger partial charge in [-0.3, -0.25) is 0 Å². The van der Waals surface area contributed by atoms with Gasteiger partial charge >= 0.3 is 0 Å². The van der Waals surface area contributed by atoms with Crippen LogP contribution in [0.25, 0.3) is 0 Å². The Bertz CT molecular complexity index is 913. The smallest absolute Gasteiger partial charge is 0.158 e. The van der Waals surface area contributed by atoms with Crippen LogP contribution in [0.2, 0.25) is 50.2 Å². The highest BCUT2D eigenvalue weighted by Gasteiger charge is 2.27. The monoisotopic (exact) mass is 586 g/mol. The van der Waals surface area contributed by atoms with Crippen LogP contribution < -0.4 is 0 Å². The first kappa shape index (κ1) is 24.6. The second-order valence-corrected chi connectivity index (χ2v) is 11.0. The van der Waals surface area contributed by atoms with Crippen LogP contribution in [0.3, 0.4) is 0 Å². The molecule has 148 valence electrons. The van der Waals surface area contributed by atoms with Crippen LogP contribution in [0, 0.1) is 0 Å². The van der Waals surface area contributed by atoms with Gasteiger partial charge in [0.05, 0.1) is 61.7 Å². The molecule has 0 spiro atoms. The van der Waals surface area contributed by atoms with E-state index >= 15 is 0 Å². The molecular formula is C14H4Cl10O2S. The van der Waals surface area contributed by atoms with Gasteiger partial charge in [-0.2, -0.15) is 0 Å². The van der Waals surface area contributed by atoms with Crippen molar-refractivity contribution in [2.45, 2.75) is 11.5 Å². The van der Waals surface area contributed by atoms with E-state index in [1.807, 2.05) is 0 Å².